The third-order valence-corrected chi connectivity index (χ3v) is 10.4. The van der Waals surface area contributed by atoms with Crippen LogP contribution in [-0.2, 0) is 0 Å². The van der Waals surface area contributed by atoms with E-state index in [9.17, 15) is 0 Å². The van der Waals surface area contributed by atoms with Crippen LogP contribution in [0.1, 0.15) is 0 Å². The van der Waals surface area contributed by atoms with E-state index < -0.39 is 0 Å². The highest BCUT2D eigenvalue weighted by atomic mass is 15.0. The zero-order valence-electron chi connectivity index (χ0n) is 26.6. The number of nitrogens with zero attached hydrogens (tertiary/aromatic N) is 3. The summed E-state index contributed by atoms with van der Waals surface area (Å²) in [5.74, 6) is 0. The Morgan fingerprint density at radius 1 is 0.245 bits per heavy atom. The molecule has 3 nitrogen and oxygen atoms in total. The van der Waals surface area contributed by atoms with Crippen LogP contribution in [-0.4, -0.2) is 13.7 Å². The molecule has 3 heterocycles. The Bertz CT molecular complexity index is 3040. The Hall–Kier alpha value is -6.58. The zero-order valence-corrected chi connectivity index (χ0v) is 26.6. The summed E-state index contributed by atoms with van der Waals surface area (Å²) in [6, 6.07) is 64.2. The average molecular weight is 624 g/mol. The summed E-state index contributed by atoms with van der Waals surface area (Å²) in [5, 5.41) is 10.0. The van der Waals surface area contributed by atoms with Gasteiger partial charge in [-0.1, -0.05) is 115 Å². The summed E-state index contributed by atoms with van der Waals surface area (Å²) in [5.41, 5.74) is 10.7. The van der Waals surface area contributed by atoms with Gasteiger partial charge in [-0.2, -0.15) is 0 Å². The van der Waals surface area contributed by atoms with E-state index in [1.807, 2.05) is 0 Å². The molecule has 0 fully saturated rings. The lowest BCUT2D eigenvalue weighted by atomic mass is 10.1. The molecule has 49 heavy (non-hydrogen) atoms. The van der Waals surface area contributed by atoms with Gasteiger partial charge >= 0.3 is 0 Å². The molecule has 0 radical (unpaired) electrons. The van der Waals surface area contributed by atoms with E-state index in [2.05, 4.69) is 190 Å². The highest BCUT2D eigenvalue weighted by Gasteiger charge is 2.21. The predicted octanol–water partition coefficient (Wildman–Crippen LogP) is 12.1. The Kier molecular flexibility index (Phi) is 5.38. The number of aromatic nitrogens is 3. The third-order valence-electron chi connectivity index (χ3n) is 10.4. The van der Waals surface area contributed by atoms with Crippen molar-refractivity contribution >= 4 is 76.2 Å². The molecule has 11 rings (SSSR count). The molecule has 0 bridgehead atoms. The van der Waals surface area contributed by atoms with Crippen molar-refractivity contribution in [2.24, 2.45) is 0 Å². The maximum atomic E-state index is 2.47. The van der Waals surface area contributed by atoms with E-state index in [4.69, 9.17) is 0 Å². The van der Waals surface area contributed by atoms with Crippen molar-refractivity contribution in [3.63, 3.8) is 0 Å². The van der Waals surface area contributed by atoms with Gasteiger partial charge in [-0.05, 0) is 71.4 Å². The minimum Gasteiger partial charge on any atom is -0.309 e. The van der Waals surface area contributed by atoms with Crippen LogP contribution in [0.25, 0.3) is 93.3 Å². The average Bonchev–Trinajstić information content (AvgIpc) is 3.81. The van der Waals surface area contributed by atoms with E-state index in [0.29, 0.717) is 0 Å². The SMILES string of the molecule is c1ccc2cc(-n3c4ccccc4c4ccc5c6ccccc6n(-c6ccc(-n7c8ccccc8c8ccccc87)cc6)c5c43)ccc2c1. The van der Waals surface area contributed by atoms with E-state index in [0.717, 1.165) is 17.1 Å². The topological polar surface area (TPSA) is 14.8 Å². The molecule has 0 unspecified atom stereocenters. The van der Waals surface area contributed by atoms with Crippen molar-refractivity contribution in [2.45, 2.75) is 0 Å². The highest BCUT2D eigenvalue weighted by Crippen LogP contribution is 2.42. The number of fused-ring (bicyclic) bond motifs is 11. The summed E-state index contributed by atoms with van der Waals surface area (Å²) < 4.78 is 7.33. The Morgan fingerprint density at radius 3 is 1.14 bits per heavy atom. The molecule has 0 spiro atoms. The van der Waals surface area contributed by atoms with Crippen molar-refractivity contribution < 1.29 is 0 Å². The number of para-hydroxylation sites is 4. The first-order chi connectivity index (χ1) is 24.3. The van der Waals surface area contributed by atoms with Gasteiger partial charge in [-0.15, -0.1) is 0 Å². The van der Waals surface area contributed by atoms with Crippen LogP contribution in [0.5, 0.6) is 0 Å². The third kappa shape index (κ3) is 3.67. The largest absolute Gasteiger partial charge is 0.309 e. The van der Waals surface area contributed by atoms with Crippen LogP contribution < -0.4 is 0 Å². The van der Waals surface area contributed by atoms with Gasteiger partial charge in [0.25, 0.3) is 0 Å². The minimum absolute atomic E-state index is 1.14. The van der Waals surface area contributed by atoms with Crippen molar-refractivity contribution in [1.82, 2.24) is 13.7 Å². The summed E-state index contributed by atoms with van der Waals surface area (Å²) in [7, 11) is 0. The number of benzene rings is 8. The molecule has 0 N–H and O–H groups in total. The van der Waals surface area contributed by atoms with Crippen LogP contribution in [0, 0.1) is 0 Å². The molecule has 0 atom stereocenters. The van der Waals surface area contributed by atoms with Crippen LogP contribution in [0.2, 0.25) is 0 Å². The summed E-state index contributed by atoms with van der Waals surface area (Å²) in [6.45, 7) is 0. The first kappa shape index (κ1) is 26.5. The van der Waals surface area contributed by atoms with Crippen molar-refractivity contribution in [1.29, 1.82) is 0 Å². The first-order valence-corrected chi connectivity index (χ1v) is 16.9. The maximum Gasteiger partial charge on any atom is 0.0788 e. The lowest BCUT2D eigenvalue weighted by Crippen LogP contribution is -2.00. The van der Waals surface area contributed by atoms with Crippen LogP contribution in [0.15, 0.2) is 176 Å². The van der Waals surface area contributed by atoms with Crippen molar-refractivity contribution in [3.05, 3.63) is 176 Å². The standard InChI is InChI=1S/C46H29N3/c1-2-12-31-29-34(22-21-30(31)11-1)49-44-20-10-6-16-38(44)40-28-27-39-37-15-5-9-19-43(37)48(45(39)46(40)49)33-25-23-32(24-26-33)47-41-17-7-3-13-35(41)36-14-4-8-18-42(36)47/h1-29H. The first-order valence-electron chi connectivity index (χ1n) is 16.9. The molecule has 0 saturated carbocycles. The predicted molar refractivity (Wildman–Crippen MR) is 207 cm³/mol. The van der Waals surface area contributed by atoms with Gasteiger partial charge < -0.3 is 13.7 Å². The molecule has 228 valence electrons. The molecular formula is C46H29N3. The van der Waals surface area contributed by atoms with Gasteiger partial charge in [0.05, 0.1) is 33.1 Å². The number of rotatable bonds is 3. The molecule has 0 amide bonds. The molecule has 8 aromatic carbocycles. The van der Waals surface area contributed by atoms with Gasteiger partial charge in [0.2, 0.25) is 0 Å². The molecule has 3 heteroatoms. The number of hydrogen-bond acceptors (Lipinski definition) is 0. The van der Waals surface area contributed by atoms with Crippen LogP contribution in [0.3, 0.4) is 0 Å². The summed E-state index contributed by atoms with van der Waals surface area (Å²) >= 11 is 0. The highest BCUT2D eigenvalue weighted by molar-refractivity contribution is 6.24. The second-order valence-electron chi connectivity index (χ2n) is 13.0. The second-order valence-corrected chi connectivity index (χ2v) is 13.0. The lowest BCUT2D eigenvalue weighted by Gasteiger charge is -2.14. The summed E-state index contributed by atoms with van der Waals surface area (Å²) in [6.07, 6.45) is 0. The van der Waals surface area contributed by atoms with E-state index >= 15 is 0 Å². The molecule has 0 aliphatic carbocycles. The maximum absolute atomic E-state index is 2.47. The van der Waals surface area contributed by atoms with E-state index in [-0.39, 0.29) is 0 Å². The van der Waals surface area contributed by atoms with Gasteiger partial charge in [0.15, 0.2) is 0 Å². The van der Waals surface area contributed by atoms with Crippen molar-refractivity contribution in [2.75, 3.05) is 0 Å². The van der Waals surface area contributed by atoms with Crippen molar-refractivity contribution in [3.8, 4) is 17.1 Å². The van der Waals surface area contributed by atoms with Crippen LogP contribution in [0.4, 0.5) is 0 Å². The smallest absolute Gasteiger partial charge is 0.0788 e. The van der Waals surface area contributed by atoms with Crippen LogP contribution >= 0.6 is 0 Å². The van der Waals surface area contributed by atoms with Gasteiger partial charge in [-0.3, -0.25) is 0 Å². The molecule has 0 aliphatic rings. The molecule has 0 saturated heterocycles. The fourth-order valence-corrected chi connectivity index (χ4v) is 8.30. The van der Waals surface area contributed by atoms with Gasteiger partial charge in [-0.25, -0.2) is 0 Å². The second kappa shape index (κ2) is 9.96. The Balaban J connectivity index is 1.22. The lowest BCUT2D eigenvalue weighted by molar-refractivity contribution is 1.13. The zero-order chi connectivity index (χ0) is 32.1. The molecular weight excluding hydrogens is 595 g/mol. The quantitative estimate of drug-likeness (QED) is 0.186. The van der Waals surface area contributed by atoms with Gasteiger partial charge in [0, 0.05) is 49.4 Å². The Labute approximate surface area is 282 Å². The van der Waals surface area contributed by atoms with E-state index in [1.54, 1.807) is 0 Å². The fraction of sp³-hybridized carbons (Fsp3) is 0. The monoisotopic (exact) mass is 623 g/mol. The minimum atomic E-state index is 1.14. The fourth-order valence-electron chi connectivity index (χ4n) is 8.30. The number of hydrogen-bond donors (Lipinski definition) is 0. The summed E-state index contributed by atoms with van der Waals surface area (Å²) in [4.78, 5) is 0. The molecule has 11 aromatic rings. The van der Waals surface area contributed by atoms with E-state index in [1.165, 1.54) is 76.2 Å². The van der Waals surface area contributed by atoms with Gasteiger partial charge in [0.1, 0.15) is 0 Å². The molecule has 3 aromatic heterocycles. The molecule has 0 aliphatic heterocycles. The normalized spacial score (nSPS) is 12.1. The Morgan fingerprint density at radius 2 is 0.612 bits per heavy atom.